The van der Waals surface area contributed by atoms with Crippen LogP contribution in [-0.2, 0) is 0 Å². The molecule has 0 spiro atoms. The first-order valence-electron chi connectivity index (χ1n) is 4.34. The van der Waals surface area contributed by atoms with Gasteiger partial charge < -0.3 is 16.6 Å². The molecule has 0 aromatic carbocycles. The number of rotatable bonds is 1. The van der Waals surface area contributed by atoms with Gasteiger partial charge in [-0.15, -0.1) is 5.10 Å². The lowest BCUT2D eigenvalue weighted by atomic mass is 10.2. The number of hydrogen-bond acceptors (Lipinski definition) is 5. The highest BCUT2D eigenvalue weighted by molar-refractivity contribution is 5.27. The zero-order valence-corrected chi connectivity index (χ0v) is 7.22. The zero-order chi connectivity index (χ0) is 9.42. The molecule has 1 aromatic heterocycles. The number of nitrogen functional groups attached to an aromatic ring is 2. The van der Waals surface area contributed by atoms with Crippen molar-refractivity contribution in [1.29, 1.82) is 0 Å². The van der Waals surface area contributed by atoms with E-state index in [4.69, 9.17) is 11.5 Å². The Kier molecular flexibility index (Phi) is 1.84. The first-order valence-corrected chi connectivity index (χ1v) is 4.34. The molecule has 0 radical (unpaired) electrons. The molecule has 13 heavy (non-hydrogen) atoms. The molecule has 1 aliphatic carbocycles. The molecule has 1 aliphatic rings. The molecule has 5 N–H and O–H groups in total. The van der Waals surface area contributed by atoms with Crippen molar-refractivity contribution < 1.29 is 5.11 Å². The summed E-state index contributed by atoms with van der Waals surface area (Å²) in [6.07, 6.45) is 2.30. The Bertz CT molecular complexity index is 310. The van der Waals surface area contributed by atoms with E-state index in [9.17, 15) is 5.11 Å². The van der Waals surface area contributed by atoms with Crippen LogP contribution in [0.15, 0.2) is 0 Å². The lowest BCUT2D eigenvalue weighted by Gasteiger charge is -2.14. The summed E-state index contributed by atoms with van der Waals surface area (Å²) < 4.78 is 1.52. The van der Waals surface area contributed by atoms with Crippen LogP contribution in [0.3, 0.4) is 0 Å². The molecular weight excluding hydrogens is 170 g/mol. The number of anilines is 2. The van der Waals surface area contributed by atoms with E-state index in [1.165, 1.54) is 4.68 Å². The molecule has 6 heteroatoms. The molecule has 1 aromatic rings. The summed E-state index contributed by atoms with van der Waals surface area (Å²) in [7, 11) is 0. The van der Waals surface area contributed by atoms with Crippen LogP contribution in [0.1, 0.15) is 25.3 Å². The molecule has 0 aliphatic heterocycles. The Morgan fingerprint density at radius 1 is 1.38 bits per heavy atom. The fourth-order valence-corrected chi connectivity index (χ4v) is 1.80. The van der Waals surface area contributed by atoms with Crippen LogP contribution in [-0.4, -0.2) is 26.0 Å². The average Bonchev–Trinajstić information content (AvgIpc) is 2.58. The van der Waals surface area contributed by atoms with Gasteiger partial charge in [-0.2, -0.15) is 4.98 Å². The summed E-state index contributed by atoms with van der Waals surface area (Å²) in [5, 5.41) is 13.5. The molecular formula is C7H13N5O. The Balaban J connectivity index is 2.28. The van der Waals surface area contributed by atoms with Crippen molar-refractivity contribution in [2.75, 3.05) is 11.5 Å². The van der Waals surface area contributed by atoms with E-state index in [1.54, 1.807) is 0 Å². The largest absolute Gasteiger partial charge is 0.391 e. The highest BCUT2D eigenvalue weighted by Gasteiger charge is 2.29. The molecule has 0 saturated heterocycles. The van der Waals surface area contributed by atoms with E-state index < -0.39 is 0 Å². The number of nitrogens with two attached hydrogens (primary N) is 2. The minimum atomic E-state index is -0.372. The van der Waals surface area contributed by atoms with Crippen molar-refractivity contribution in [1.82, 2.24) is 14.8 Å². The van der Waals surface area contributed by atoms with Crippen LogP contribution in [0.2, 0.25) is 0 Å². The van der Waals surface area contributed by atoms with Crippen molar-refractivity contribution in [2.45, 2.75) is 31.4 Å². The number of aliphatic hydroxyl groups excluding tert-OH is 1. The number of hydrogen-bond donors (Lipinski definition) is 3. The lowest BCUT2D eigenvalue weighted by molar-refractivity contribution is 0.131. The van der Waals surface area contributed by atoms with Gasteiger partial charge in [0.25, 0.3) is 0 Å². The van der Waals surface area contributed by atoms with E-state index in [1.807, 2.05) is 0 Å². The Labute approximate surface area is 75.6 Å². The SMILES string of the molecule is Nc1nc(N)n(C2CCCC2O)n1. The van der Waals surface area contributed by atoms with Gasteiger partial charge in [-0.05, 0) is 19.3 Å². The van der Waals surface area contributed by atoms with Crippen LogP contribution in [0.25, 0.3) is 0 Å². The molecule has 0 bridgehead atoms. The highest BCUT2D eigenvalue weighted by Crippen LogP contribution is 2.30. The third-order valence-corrected chi connectivity index (χ3v) is 2.43. The number of nitrogens with zero attached hydrogens (tertiary/aromatic N) is 3. The molecule has 1 saturated carbocycles. The van der Waals surface area contributed by atoms with Gasteiger partial charge in [-0.25, -0.2) is 4.68 Å². The van der Waals surface area contributed by atoms with E-state index >= 15 is 0 Å². The predicted octanol–water partition coefficient (Wildman–Crippen LogP) is -0.472. The van der Waals surface area contributed by atoms with Crippen LogP contribution in [0.5, 0.6) is 0 Å². The van der Waals surface area contributed by atoms with Crippen molar-refractivity contribution in [3.63, 3.8) is 0 Å². The average molecular weight is 183 g/mol. The minimum absolute atomic E-state index is 0.0511. The molecule has 2 atom stereocenters. The highest BCUT2D eigenvalue weighted by atomic mass is 16.3. The first kappa shape index (κ1) is 8.31. The van der Waals surface area contributed by atoms with Gasteiger partial charge in [-0.1, -0.05) is 0 Å². The van der Waals surface area contributed by atoms with E-state index in [0.717, 1.165) is 19.3 Å². The van der Waals surface area contributed by atoms with Gasteiger partial charge in [0.1, 0.15) is 0 Å². The Hall–Kier alpha value is -1.30. The fraction of sp³-hybridized carbons (Fsp3) is 0.714. The van der Waals surface area contributed by atoms with Crippen LogP contribution >= 0.6 is 0 Å². The summed E-state index contributed by atoms with van der Waals surface area (Å²) in [4.78, 5) is 3.79. The smallest absolute Gasteiger partial charge is 0.241 e. The van der Waals surface area contributed by atoms with E-state index in [2.05, 4.69) is 10.1 Å². The minimum Gasteiger partial charge on any atom is -0.391 e. The molecule has 0 amide bonds. The van der Waals surface area contributed by atoms with Crippen molar-refractivity contribution in [3.8, 4) is 0 Å². The van der Waals surface area contributed by atoms with Crippen molar-refractivity contribution in [2.24, 2.45) is 0 Å². The maximum atomic E-state index is 9.59. The van der Waals surface area contributed by atoms with Crippen LogP contribution in [0.4, 0.5) is 11.9 Å². The molecule has 6 nitrogen and oxygen atoms in total. The lowest BCUT2D eigenvalue weighted by Crippen LogP contribution is -2.21. The zero-order valence-electron chi connectivity index (χ0n) is 7.22. The Morgan fingerprint density at radius 2 is 2.15 bits per heavy atom. The topological polar surface area (TPSA) is 103 Å². The number of aliphatic hydroxyl groups is 1. The summed E-state index contributed by atoms with van der Waals surface area (Å²) >= 11 is 0. The van der Waals surface area contributed by atoms with Gasteiger partial charge in [0, 0.05) is 0 Å². The Morgan fingerprint density at radius 3 is 2.62 bits per heavy atom. The molecule has 1 heterocycles. The van der Waals surface area contributed by atoms with Crippen molar-refractivity contribution in [3.05, 3.63) is 0 Å². The number of aromatic nitrogens is 3. The van der Waals surface area contributed by atoms with Crippen molar-refractivity contribution >= 4 is 11.9 Å². The summed E-state index contributed by atoms with van der Waals surface area (Å²) in [6, 6.07) is -0.0511. The quantitative estimate of drug-likeness (QED) is 0.546. The maximum absolute atomic E-state index is 9.59. The summed E-state index contributed by atoms with van der Waals surface area (Å²) in [5.41, 5.74) is 11.0. The van der Waals surface area contributed by atoms with Gasteiger partial charge >= 0.3 is 0 Å². The van der Waals surface area contributed by atoms with Gasteiger partial charge in [0.2, 0.25) is 11.9 Å². The molecule has 1 fully saturated rings. The third-order valence-electron chi connectivity index (χ3n) is 2.43. The molecule has 2 unspecified atom stereocenters. The molecule has 2 rings (SSSR count). The normalized spacial score (nSPS) is 28.1. The predicted molar refractivity (Wildman–Crippen MR) is 47.7 cm³/mol. The second-order valence-electron chi connectivity index (χ2n) is 3.34. The van der Waals surface area contributed by atoms with E-state index in [0.29, 0.717) is 0 Å². The maximum Gasteiger partial charge on any atom is 0.241 e. The third kappa shape index (κ3) is 1.33. The van der Waals surface area contributed by atoms with Gasteiger partial charge in [0.05, 0.1) is 12.1 Å². The monoisotopic (exact) mass is 183 g/mol. The van der Waals surface area contributed by atoms with Gasteiger partial charge in [-0.3, -0.25) is 0 Å². The summed E-state index contributed by atoms with van der Waals surface area (Å²) in [5.74, 6) is 0.444. The van der Waals surface area contributed by atoms with Gasteiger partial charge in [0.15, 0.2) is 0 Å². The second-order valence-corrected chi connectivity index (χ2v) is 3.34. The first-order chi connectivity index (χ1) is 6.18. The van der Waals surface area contributed by atoms with Crippen LogP contribution in [0, 0.1) is 0 Å². The summed E-state index contributed by atoms with van der Waals surface area (Å²) in [6.45, 7) is 0. The van der Waals surface area contributed by atoms with E-state index in [-0.39, 0.29) is 24.0 Å². The molecule has 72 valence electrons. The standard InChI is InChI=1S/C7H13N5O/c8-6-10-7(9)12(11-6)4-2-1-3-5(4)13/h4-5,13H,1-3H2,(H4,8,9,10,11). The fourth-order valence-electron chi connectivity index (χ4n) is 1.80. The second kappa shape index (κ2) is 2.88. The van der Waals surface area contributed by atoms with Crippen LogP contribution < -0.4 is 11.5 Å².